The van der Waals surface area contributed by atoms with E-state index in [2.05, 4.69) is 80.8 Å². The maximum Gasteiger partial charge on any atom is 0.208 e. The standard InChI is InChI=1S/C13H28O2Si2.C12H28O2Si2/c1-13(2)10-11-17(5,16(3,4)15-13)14-12-8-6-7-9-12;1-8-11(2)13-16(7)10-9-12(3,4)14-15(16,5)6/h12H,6-11H2,1-5H3;11H,8-10H2,1-7H3. The molecule has 4 nitrogen and oxygen atoms in total. The van der Waals surface area contributed by atoms with E-state index in [0.717, 1.165) is 12.8 Å². The molecule has 0 amide bonds. The number of hydrogen-bond donors (Lipinski definition) is 0. The molecular weight excluding hydrogens is 477 g/mol. The van der Waals surface area contributed by atoms with Crippen LogP contribution in [0, 0.1) is 0 Å². The van der Waals surface area contributed by atoms with Crippen molar-refractivity contribution in [1.29, 1.82) is 0 Å². The van der Waals surface area contributed by atoms with E-state index in [1.807, 2.05) is 0 Å². The maximum atomic E-state index is 6.62. The molecule has 0 N–H and O–H groups in total. The molecule has 196 valence electrons. The molecular formula is C25H56O4Si4. The number of rotatable bonds is 5. The van der Waals surface area contributed by atoms with Gasteiger partial charge in [-0.05, 0) is 118 Å². The van der Waals surface area contributed by atoms with Crippen molar-refractivity contribution in [3.8, 4) is 0 Å². The molecule has 8 heteroatoms. The Balaban J connectivity index is 0.000000234. The molecule has 1 aliphatic carbocycles. The Morgan fingerprint density at radius 3 is 1.61 bits per heavy atom. The third kappa shape index (κ3) is 7.60. The molecule has 0 bridgehead atoms. The van der Waals surface area contributed by atoms with Crippen LogP contribution in [0.25, 0.3) is 0 Å². The zero-order chi connectivity index (χ0) is 25.3. The third-order valence-corrected chi connectivity index (χ3v) is 38.3. The molecule has 0 aromatic rings. The van der Waals surface area contributed by atoms with Crippen LogP contribution in [0.5, 0.6) is 0 Å². The summed E-state index contributed by atoms with van der Waals surface area (Å²) in [5, 5.41) is 0. The summed E-state index contributed by atoms with van der Waals surface area (Å²) in [5.74, 6) is 0. The predicted molar refractivity (Wildman–Crippen MR) is 152 cm³/mol. The highest BCUT2D eigenvalue weighted by molar-refractivity contribution is 7.36. The van der Waals surface area contributed by atoms with Gasteiger partial charge in [0.2, 0.25) is 31.3 Å². The van der Waals surface area contributed by atoms with Gasteiger partial charge < -0.3 is 17.7 Å². The Morgan fingerprint density at radius 1 is 0.788 bits per heavy atom. The second kappa shape index (κ2) is 10.6. The van der Waals surface area contributed by atoms with Crippen LogP contribution < -0.4 is 0 Å². The van der Waals surface area contributed by atoms with Crippen LogP contribution in [0.1, 0.15) is 86.5 Å². The first-order valence-corrected chi connectivity index (χ1v) is 26.7. The highest BCUT2D eigenvalue weighted by Gasteiger charge is 2.56. The molecule has 2 aliphatic heterocycles. The summed E-state index contributed by atoms with van der Waals surface area (Å²) in [6.45, 7) is 27.6. The molecule has 2 saturated heterocycles. The molecule has 2 heterocycles. The lowest BCUT2D eigenvalue weighted by Crippen LogP contribution is -2.68. The summed E-state index contributed by atoms with van der Waals surface area (Å²) >= 11 is 0. The molecule has 1 saturated carbocycles. The fourth-order valence-corrected chi connectivity index (χ4v) is 25.4. The van der Waals surface area contributed by atoms with Crippen molar-refractivity contribution in [2.24, 2.45) is 0 Å². The minimum Gasteiger partial charge on any atom is -0.414 e. The summed E-state index contributed by atoms with van der Waals surface area (Å²) in [4.78, 5) is 0. The van der Waals surface area contributed by atoms with Crippen LogP contribution in [0.15, 0.2) is 0 Å². The molecule has 0 spiro atoms. The summed E-state index contributed by atoms with van der Waals surface area (Å²) in [6, 6.07) is 2.57. The molecule has 0 aromatic carbocycles. The average Bonchev–Trinajstić information content (AvgIpc) is 3.14. The van der Waals surface area contributed by atoms with E-state index in [1.54, 1.807) is 0 Å². The van der Waals surface area contributed by atoms with E-state index in [1.165, 1.54) is 44.2 Å². The lowest BCUT2D eigenvalue weighted by molar-refractivity contribution is 0.0808. The van der Waals surface area contributed by atoms with Gasteiger partial charge in [0.15, 0.2) is 0 Å². The minimum atomic E-state index is -1.64. The second-order valence-electron chi connectivity index (χ2n) is 13.6. The summed E-state index contributed by atoms with van der Waals surface area (Å²) < 4.78 is 25.9. The Labute approximate surface area is 210 Å². The van der Waals surface area contributed by atoms with Crippen LogP contribution in [0.2, 0.25) is 51.4 Å². The SMILES string of the molecule is CC1(C)CC[Si](C)(OC2CCCC2)[Si](C)(C)O1.CCC(C)O[Si]1(C)CCC(C)(C)O[Si]1(C)C. The van der Waals surface area contributed by atoms with Gasteiger partial charge in [0.05, 0.1) is 11.2 Å². The molecule has 3 rings (SSSR count). The van der Waals surface area contributed by atoms with Gasteiger partial charge in [-0.25, -0.2) is 0 Å². The van der Waals surface area contributed by atoms with Gasteiger partial charge in [-0.1, -0.05) is 19.8 Å². The van der Waals surface area contributed by atoms with Crippen LogP contribution in [0.4, 0.5) is 0 Å². The van der Waals surface area contributed by atoms with Crippen LogP contribution in [0.3, 0.4) is 0 Å². The molecule has 0 radical (unpaired) electrons. The van der Waals surface area contributed by atoms with Crippen molar-refractivity contribution in [1.82, 2.24) is 0 Å². The van der Waals surface area contributed by atoms with Crippen molar-refractivity contribution in [2.75, 3.05) is 0 Å². The minimum absolute atomic E-state index is 0.0705. The lowest BCUT2D eigenvalue weighted by Gasteiger charge is -2.51. The van der Waals surface area contributed by atoms with Gasteiger partial charge in [0.25, 0.3) is 0 Å². The highest BCUT2D eigenvalue weighted by Crippen LogP contribution is 2.42. The summed E-state index contributed by atoms with van der Waals surface area (Å²) in [6.07, 6.45) is 9.70. The first-order valence-electron chi connectivity index (χ1n) is 13.6. The van der Waals surface area contributed by atoms with Crippen molar-refractivity contribution in [3.05, 3.63) is 0 Å². The summed E-state index contributed by atoms with van der Waals surface area (Å²) in [5.41, 5.74) is 0.155. The Hall–Kier alpha value is 0.708. The topological polar surface area (TPSA) is 36.9 Å². The van der Waals surface area contributed by atoms with Gasteiger partial charge in [0.1, 0.15) is 0 Å². The molecule has 0 aromatic heterocycles. The lowest BCUT2D eigenvalue weighted by atomic mass is 10.1. The van der Waals surface area contributed by atoms with Gasteiger partial charge in [-0.15, -0.1) is 0 Å². The van der Waals surface area contributed by atoms with Crippen molar-refractivity contribution in [3.63, 3.8) is 0 Å². The highest BCUT2D eigenvalue weighted by atomic mass is 29.3. The Morgan fingerprint density at radius 2 is 1.21 bits per heavy atom. The fourth-order valence-electron chi connectivity index (χ4n) is 5.68. The van der Waals surface area contributed by atoms with Gasteiger partial charge in [0, 0.05) is 12.2 Å². The first-order chi connectivity index (χ1) is 14.9. The van der Waals surface area contributed by atoms with E-state index in [4.69, 9.17) is 17.7 Å². The maximum absolute atomic E-state index is 6.62. The fraction of sp³-hybridized carbons (Fsp3) is 1.00. The van der Waals surface area contributed by atoms with E-state index >= 15 is 0 Å². The molecule has 3 fully saturated rings. The third-order valence-electron chi connectivity index (χ3n) is 8.78. The Bertz CT molecular complexity index is 648. The quantitative estimate of drug-likeness (QED) is 0.338. The number of hydrogen-bond acceptors (Lipinski definition) is 4. The van der Waals surface area contributed by atoms with Crippen LogP contribution >= 0.6 is 0 Å². The predicted octanol–water partition coefficient (Wildman–Crippen LogP) is 7.86. The zero-order valence-corrected chi connectivity index (χ0v) is 28.2. The van der Waals surface area contributed by atoms with E-state index < -0.39 is 31.3 Å². The molecule has 3 aliphatic rings. The summed E-state index contributed by atoms with van der Waals surface area (Å²) in [7, 11) is -6.49. The monoisotopic (exact) mass is 532 g/mol. The van der Waals surface area contributed by atoms with E-state index in [9.17, 15) is 0 Å². The molecule has 3 unspecified atom stereocenters. The largest absolute Gasteiger partial charge is 0.414 e. The first kappa shape index (κ1) is 29.9. The smallest absolute Gasteiger partial charge is 0.208 e. The average molecular weight is 533 g/mol. The normalized spacial score (nSPS) is 36.0. The van der Waals surface area contributed by atoms with Gasteiger partial charge in [-0.2, -0.15) is 0 Å². The zero-order valence-electron chi connectivity index (χ0n) is 24.2. The van der Waals surface area contributed by atoms with Gasteiger partial charge in [-0.3, -0.25) is 0 Å². The van der Waals surface area contributed by atoms with Crippen LogP contribution in [-0.4, -0.2) is 54.7 Å². The van der Waals surface area contributed by atoms with Gasteiger partial charge >= 0.3 is 0 Å². The second-order valence-corrected chi connectivity index (χ2v) is 40.0. The van der Waals surface area contributed by atoms with Crippen LogP contribution in [-0.2, 0) is 17.7 Å². The molecule has 3 atom stereocenters. The van der Waals surface area contributed by atoms with E-state index in [-0.39, 0.29) is 11.2 Å². The molecule has 33 heavy (non-hydrogen) atoms. The van der Waals surface area contributed by atoms with Crippen molar-refractivity contribution in [2.45, 2.75) is 161 Å². The van der Waals surface area contributed by atoms with Crippen molar-refractivity contribution < 1.29 is 17.7 Å². The van der Waals surface area contributed by atoms with Crippen molar-refractivity contribution >= 4 is 31.3 Å². The Kier molecular flexibility index (Phi) is 9.61. The van der Waals surface area contributed by atoms with E-state index in [0.29, 0.717) is 12.2 Å².